The molecule has 1 aliphatic rings. The number of thioether (sulfide) groups is 1. The van der Waals surface area contributed by atoms with Gasteiger partial charge >= 0.3 is 0 Å². The number of hydrogen-bond acceptors (Lipinski definition) is 6. The second kappa shape index (κ2) is 8.45. The van der Waals surface area contributed by atoms with Crippen molar-refractivity contribution in [2.45, 2.75) is 17.7 Å². The van der Waals surface area contributed by atoms with Crippen molar-refractivity contribution in [3.63, 3.8) is 0 Å². The van der Waals surface area contributed by atoms with Crippen LogP contribution < -0.4 is 0 Å². The number of hydrogen-bond donors (Lipinski definition) is 0. The van der Waals surface area contributed by atoms with E-state index in [0.29, 0.717) is 17.7 Å². The van der Waals surface area contributed by atoms with Gasteiger partial charge in [0.1, 0.15) is 0 Å². The largest absolute Gasteiger partial charge is 0.411 e. The first-order valence-electron chi connectivity index (χ1n) is 9.72. The van der Waals surface area contributed by atoms with E-state index < -0.39 is 0 Å². The van der Waals surface area contributed by atoms with Gasteiger partial charge in [-0.1, -0.05) is 60.3 Å². The van der Waals surface area contributed by atoms with Crippen molar-refractivity contribution in [2.24, 2.45) is 0 Å². The molecule has 5 rings (SSSR count). The molecule has 0 N–H and O–H groups in total. The molecule has 0 saturated carbocycles. The van der Waals surface area contributed by atoms with E-state index in [-0.39, 0.29) is 17.7 Å². The zero-order chi connectivity index (χ0) is 20.3. The molecule has 1 amide bonds. The first-order valence-corrected chi connectivity index (χ1v) is 11.6. The van der Waals surface area contributed by atoms with E-state index in [1.165, 1.54) is 22.2 Å². The van der Waals surface area contributed by atoms with E-state index in [4.69, 9.17) is 4.42 Å². The average molecular weight is 434 g/mol. The Kier molecular flexibility index (Phi) is 5.38. The third kappa shape index (κ3) is 3.78. The summed E-state index contributed by atoms with van der Waals surface area (Å²) in [4.78, 5) is 16.5. The number of amides is 1. The van der Waals surface area contributed by atoms with Crippen LogP contribution in [0.5, 0.6) is 0 Å². The van der Waals surface area contributed by atoms with Crippen LogP contribution in [0.2, 0.25) is 0 Å². The molecule has 4 aromatic rings. The van der Waals surface area contributed by atoms with Crippen LogP contribution in [0.25, 0.3) is 11.5 Å². The van der Waals surface area contributed by atoms with E-state index in [9.17, 15) is 4.79 Å². The van der Waals surface area contributed by atoms with Crippen molar-refractivity contribution < 1.29 is 9.21 Å². The number of rotatable bonds is 5. The van der Waals surface area contributed by atoms with Gasteiger partial charge in [-0.2, -0.15) is 0 Å². The average Bonchev–Trinajstić information content (AvgIpc) is 3.47. The molecule has 150 valence electrons. The van der Waals surface area contributed by atoms with E-state index in [1.54, 1.807) is 11.3 Å². The summed E-state index contributed by atoms with van der Waals surface area (Å²) in [7, 11) is 0. The van der Waals surface area contributed by atoms with E-state index in [2.05, 4.69) is 33.8 Å². The predicted molar refractivity (Wildman–Crippen MR) is 118 cm³/mol. The molecule has 1 aliphatic heterocycles. The Bertz CT molecular complexity index is 1140. The van der Waals surface area contributed by atoms with E-state index >= 15 is 0 Å². The molecule has 0 aliphatic carbocycles. The lowest BCUT2D eigenvalue weighted by molar-refractivity contribution is -0.130. The zero-order valence-electron chi connectivity index (χ0n) is 16.1. The first kappa shape index (κ1) is 19.1. The molecule has 5 nitrogen and oxygen atoms in total. The smallest absolute Gasteiger partial charge is 0.277 e. The summed E-state index contributed by atoms with van der Waals surface area (Å²) in [5.41, 5.74) is 3.24. The number of benzene rings is 2. The molecule has 0 radical (unpaired) electrons. The molecule has 0 saturated heterocycles. The first-order chi connectivity index (χ1) is 14.8. The Morgan fingerprint density at radius 2 is 1.83 bits per heavy atom. The van der Waals surface area contributed by atoms with Crippen LogP contribution in [0.15, 0.2) is 81.8 Å². The highest BCUT2D eigenvalue weighted by molar-refractivity contribution is 7.99. The molecule has 1 unspecified atom stereocenters. The topological polar surface area (TPSA) is 59.2 Å². The minimum absolute atomic E-state index is 0.0446. The van der Waals surface area contributed by atoms with Crippen LogP contribution in [-0.4, -0.2) is 33.3 Å². The van der Waals surface area contributed by atoms with Crippen molar-refractivity contribution in [1.82, 2.24) is 15.1 Å². The fraction of sp³-hybridized carbons (Fsp3) is 0.174. The van der Waals surface area contributed by atoms with Crippen LogP contribution in [0.4, 0.5) is 0 Å². The van der Waals surface area contributed by atoms with Gasteiger partial charge in [0, 0.05) is 17.0 Å². The Labute approximate surface area is 182 Å². The number of nitrogens with zero attached hydrogens (tertiary/aromatic N) is 3. The van der Waals surface area contributed by atoms with Gasteiger partial charge in [0.05, 0.1) is 11.8 Å². The molecule has 0 spiro atoms. The van der Waals surface area contributed by atoms with Gasteiger partial charge in [0.15, 0.2) is 0 Å². The summed E-state index contributed by atoms with van der Waals surface area (Å²) in [5, 5.41) is 10.7. The standard InChI is InChI=1S/C23H19N3O2S2/c27-20(15-30-23-25-24-22(28-23)17-9-5-2-6-10-17)26-13-11-19-18(12-14-29-19)21(26)16-7-3-1-4-8-16/h1-10,12,14,21H,11,13,15H2. The number of thiophene rings is 1. The molecule has 2 aromatic heterocycles. The van der Waals surface area contributed by atoms with Gasteiger partial charge in [-0.05, 0) is 41.1 Å². The van der Waals surface area contributed by atoms with E-state index in [1.807, 2.05) is 53.4 Å². The van der Waals surface area contributed by atoms with Crippen molar-refractivity contribution in [2.75, 3.05) is 12.3 Å². The third-order valence-corrected chi connectivity index (χ3v) is 6.95. The Morgan fingerprint density at radius 1 is 1.07 bits per heavy atom. The van der Waals surface area contributed by atoms with Crippen molar-refractivity contribution in [3.8, 4) is 11.5 Å². The highest BCUT2D eigenvalue weighted by atomic mass is 32.2. The third-order valence-electron chi connectivity index (χ3n) is 5.15. The molecular formula is C23H19N3O2S2. The summed E-state index contributed by atoms with van der Waals surface area (Å²) >= 11 is 3.06. The predicted octanol–water partition coefficient (Wildman–Crippen LogP) is 5.06. The van der Waals surface area contributed by atoms with Gasteiger partial charge in [-0.15, -0.1) is 21.5 Å². The highest BCUT2D eigenvalue weighted by Gasteiger charge is 2.32. The minimum atomic E-state index is -0.0446. The van der Waals surface area contributed by atoms with Gasteiger partial charge in [0.2, 0.25) is 11.8 Å². The maximum atomic E-state index is 13.2. The molecule has 7 heteroatoms. The summed E-state index contributed by atoms with van der Waals surface area (Å²) in [6.45, 7) is 0.714. The molecule has 2 aromatic carbocycles. The van der Waals surface area contributed by atoms with Gasteiger partial charge in [-0.25, -0.2) is 0 Å². The quantitative estimate of drug-likeness (QED) is 0.412. The summed E-state index contributed by atoms with van der Waals surface area (Å²) in [6.07, 6.45) is 0.894. The second-order valence-electron chi connectivity index (χ2n) is 6.98. The Hall–Kier alpha value is -2.90. The number of fused-ring (bicyclic) bond motifs is 1. The maximum Gasteiger partial charge on any atom is 0.277 e. The fourth-order valence-electron chi connectivity index (χ4n) is 3.75. The lowest BCUT2D eigenvalue weighted by atomic mass is 9.93. The lowest BCUT2D eigenvalue weighted by Gasteiger charge is -2.36. The SMILES string of the molecule is O=C(CSc1nnc(-c2ccccc2)o1)N1CCc2sccc2C1c1ccccc1. The van der Waals surface area contributed by atoms with Crippen LogP contribution >= 0.6 is 23.1 Å². The summed E-state index contributed by atoms with van der Waals surface area (Å²) in [6, 6.07) is 22.0. The molecule has 0 fully saturated rings. The van der Waals surface area contributed by atoms with Crippen molar-refractivity contribution in [1.29, 1.82) is 0 Å². The summed E-state index contributed by atoms with van der Waals surface area (Å²) in [5.74, 6) is 0.804. The summed E-state index contributed by atoms with van der Waals surface area (Å²) < 4.78 is 5.73. The Morgan fingerprint density at radius 3 is 2.63 bits per heavy atom. The second-order valence-corrected chi connectivity index (χ2v) is 8.90. The monoisotopic (exact) mass is 433 g/mol. The molecule has 3 heterocycles. The van der Waals surface area contributed by atoms with Crippen LogP contribution in [0.1, 0.15) is 22.0 Å². The fourth-order valence-corrected chi connectivity index (χ4v) is 5.30. The highest BCUT2D eigenvalue weighted by Crippen LogP contribution is 2.38. The van der Waals surface area contributed by atoms with Crippen LogP contribution in [0.3, 0.4) is 0 Å². The molecule has 30 heavy (non-hydrogen) atoms. The maximum absolute atomic E-state index is 13.2. The number of carbonyl (C=O) groups is 1. The van der Waals surface area contributed by atoms with Crippen LogP contribution in [-0.2, 0) is 11.2 Å². The molecule has 1 atom stereocenters. The Balaban J connectivity index is 1.33. The van der Waals surface area contributed by atoms with E-state index in [0.717, 1.165) is 17.5 Å². The zero-order valence-corrected chi connectivity index (χ0v) is 17.7. The number of carbonyl (C=O) groups excluding carboxylic acids is 1. The van der Waals surface area contributed by atoms with Gasteiger partial charge in [0.25, 0.3) is 5.22 Å². The normalized spacial score (nSPS) is 15.7. The molecule has 0 bridgehead atoms. The van der Waals surface area contributed by atoms with Crippen molar-refractivity contribution >= 4 is 29.0 Å². The number of aromatic nitrogens is 2. The van der Waals surface area contributed by atoms with Gasteiger partial charge < -0.3 is 9.32 Å². The van der Waals surface area contributed by atoms with Crippen LogP contribution in [0, 0.1) is 0 Å². The minimum Gasteiger partial charge on any atom is -0.411 e. The molecular weight excluding hydrogens is 414 g/mol. The lowest BCUT2D eigenvalue weighted by Crippen LogP contribution is -2.41. The van der Waals surface area contributed by atoms with Crippen molar-refractivity contribution in [3.05, 3.63) is 88.1 Å². The van der Waals surface area contributed by atoms with Gasteiger partial charge in [-0.3, -0.25) is 4.79 Å².